The average molecular weight is 408 g/mol. The maximum atomic E-state index is 12.6. The molecule has 2 rings (SSSR count). The van der Waals surface area contributed by atoms with Crippen molar-refractivity contribution in [3.63, 3.8) is 0 Å². The zero-order chi connectivity index (χ0) is 20.2. The molecule has 0 aliphatic carbocycles. The molecule has 0 spiro atoms. The van der Waals surface area contributed by atoms with Crippen LogP contribution in [0.4, 0.5) is 0 Å². The topological polar surface area (TPSA) is 55.4 Å². The molecule has 6 heteroatoms. The Hall–Kier alpha value is -2.04. The predicted octanol–water partition coefficient (Wildman–Crippen LogP) is 4.81. The first-order valence-corrected chi connectivity index (χ1v) is 9.30. The SMILES string of the molecule is COC(=O)[C@@H](Cc1ccc(Cl)cc1Cl)NC(=O)c1ccc(C(C)(C)C)cc1. The van der Waals surface area contributed by atoms with E-state index >= 15 is 0 Å². The van der Waals surface area contributed by atoms with Gasteiger partial charge in [-0.05, 0) is 40.8 Å². The third-order valence-corrected chi connectivity index (χ3v) is 4.83. The van der Waals surface area contributed by atoms with Crippen LogP contribution in [0.15, 0.2) is 42.5 Å². The zero-order valence-corrected chi connectivity index (χ0v) is 17.3. The molecule has 0 aromatic heterocycles. The fourth-order valence-corrected chi connectivity index (χ4v) is 3.09. The van der Waals surface area contributed by atoms with E-state index < -0.39 is 12.0 Å². The van der Waals surface area contributed by atoms with E-state index in [1.165, 1.54) is 7.11 Å². The Morgan fingerprint density at radius 1 is 1.07 bits per heavy atom. The van der Waals surface area contributed by atoms with Crippen LogP contribution >= 0.6 is 23.2 Å². The van der Waals surface area contributed by atoms with Gasteiger partial charge in [0.25, 0.3) is 5.91 Å². The van der Waals surface area contributed by atoms with E-state index in [2.05, 4.69) is 26.1 Å². The number of benzene rings is 2. The van der Waals surface area contributed by atoms with Crippen LogP contribution in [0.5, 0.6) is 0 Å². The van der Waals surface area contributed by atoms with Crippen LogP contribution in [0, 0.1) is 0 Å². The third-order valence-electron chi connectivity index (χ3n) is 4.24. The summed E-state index contributed by atoms with van der Waals surface area (Å²) in [7, 11) is 1.28. The maximum Gasteiger partial charge on any atom is 0.328 e. The molecule has 0 unspecified atom stereocenters. The smallest absolute Gasteiger partial charge is 0.328 e. The molecule has 2 aromatic carbocycles. The van der Waals surface area contributed by atoms with Gasteiger partial charge in [-0.1, -0.05) is 62.2 Å². The molecule has 1 N–H and O–H groups in total. The Morgan fingerprint density at radius 2 is 1.70 bits per heavy atom. The van der Waals surface area contributed by atoms with Gasteiger partial charge in [0.2, 0.25) is 0 Å². The molecule has 0 aliphatic rings. The number of esters is 1. The van der Waals surface area contributed by atoms with Crippen molar-refractivity contribution < 1.29 is 14.3 Å². The lowest BCUT2D eigenvalue weighted by Gasteiger charge is -2.20. The Morgan fingerprint density at radius 3 is 2.22 bits per heavy atom. The summed E-state index contributed by atoms with van der Waals surface area (Å²) in [6.45, 7) is 6.31. The summed E-state index contributed by atoms with van der Waals surface area (Å²) in [6.07, 6.45) is 0.203. The number of carbonyl (C=O) groups excluding carboxylic acids is 2. The first kappa shape index (κ1) is 21.3. The minimum atomic E-state index is -0.858. The molecule has 0 radical (unpaired) electrons. The second-order valence-corrected chi connectivity index (χ2v) is 8.16. The van der Waals surface area contributed by atoms with Gasteiger partial charge in [-0.25, -0.2) is 4.79 Å². The van der Waals surface area contributed by atoms with E-state index in [-0.39, 0.29) is 17.7 Å². The lowest BCUT2D eigenvalue weighted by Crippen LogP contribution is -2.43. The van der Waals surface area contributed by atoms with E-state index in [0.29, 0.717) is 21.2 Å². The van der Waals surface area contributed by atoms with Crippen molar-refractivity contribution >= 4 is 35.1 Å². The van der Waals surface area contributed by atoms with Crippen LogP contribution in [0.3, 0.4) is 0 Å². The normalized spacial score (nSPS) is 12.4. The minimum Gasteiger partial charge on any atom is -0.467 e. The molecule has 27 heavy (non-hydrogen) atoms. The van der Waals surface area contributed by atoms with Gasteiger partial charge < -0.3 is 10.1 Å². The van der Waals surface area contributed by atoms with E-state index in [9.17, 15) is 9.59 Å². The van der Waals surface area contributed by atoms with Gasteiger partial charge in [-0.3, -0.25) is 4.79 Å². The number of nitrogens with one attached hydrogen (secondary N) is 1. The van der Waals surface area contributed by atoms with Crippen LogP contribution in [0.2, 0.25) is 10.0 Å². The largest absolute Gasteiger partial charge is 0.467 e. The average Bonchev–Trinajstić information content (AvgIpc) is 2.61. The molecule has 0 bridgehead atoms. The van der Waals surface area contributed by atoms with Crippen molar-refractivity contribution in [1.29, 1.82) is 0 Å². The standard InChI is InChI=1S/C21H23Cl2NO3/c1-21(2,3)15-8-5-13(6-9-15)19(25)24-18(20(26)27-4)11-14-7-10-16(22)12-17(14)23/h5-10,12,18H,11H2,1-4H3,(H,24,25)/t18-/m1/s1. The van der Waals surface area contributed by atoms with Crippen molar-refractivity contribution in [3.8, 4) is 0 Å². The number of hydrogen-bond acceptors (Lipinski definition) is 3. The predicted molar refractivity (Wildman–Crippen MR) is 109 cm³/mol. The lowest BCUT2D eigenvalue weighted by atomic mass is 9.86. The number of hydrogen-bond donors (Lipinski definition) is 1. The molecule has 1 atom stereocenters. The van der Waals surface area contributed by atoms with E-state index in [4.69, 9.17) is 27.9 Å². The number of methoxy groups -OCH3 is 1. The van der Waals surface area contributed by atoms with Crippen molar-refractivity contribution in [1.82, 2.24) is 5.32 Å². The van der Waals surface area contributed by atoms with Gasteiger partial charge >= 0.3 is 5.97 Å². The monoisotopic (exact) mass is 407 g/mol. The van der Waals surface area contributed by atoms with Crippen LogP contribution in [0.1, 0.15) is 42.3 Å². The summed E-state index contributed by atoms with van der Waals surface area (Å²) in [6, 6.07) is 11.5. The fraction of sp³-hybridized carbons (Fsp3) is 0.333. The lowest BCUT2D eigenvalue weighted by molar-refractivity contribution is -0.142. The molecule has 0 saturated heterocycles. The second kappa shape index (κ2) is 8.77. The third kappa shape index (κ3) is 5.72. The number of halogens is 2. The Labute approximate surface area is 169 Å². The summed E-state index contributed by atoms with van der Waals surface area (Å²) in [4.78, 5) is 24.7. The Bertz CT molecular complexity index is 826. The molecular weight excluding hydrogens is 385 g/mol. The molecule has 0 heterocycles. The minimum absolute atomic E-state index is 0.00507. The van der Waals surface area contributed by atoms with Crippen molar-refractivity contribution in [2.75, 3.05) is 7.11 Å². The zero-order valence-electron chi connectivity index (χ0n) is 15.8. The summed E-state index contributed by atoms with van der Waals surface area (Å²) in [5.74, 6) is -0.892. The summed E-state index contributed by atoms with van der Waals surface area (Å²) < 4.78 is 4.83. The maximum absolute atomic E-state index is 12.6. The molecular formula is C21H23Cl2NO3. The number of ether oxygens (including phenoxy) is 1. The highest BCUT2D eigenvalue weighted by Crippen LogP contribution is 2.23. The summed E-state index contributed by atoms with van der Waals surface area (Å²) >= 11 is 12.1. The molecule has 1 amide bonds. The van der Waals surface area contributed by atoms with E-state index in [1.54, 1.807) is 30.3 Å². The van der Waals surface area contributed by atoms with E-state index in [0.717, 1.165) is 5.56 Å². The van der Waals surface area contributed by atoms with Crippen molar-refractivity contribution in [2.45, 2.75) is 38.6 Å². The summed E-state index contributed by atoms with van der Waals surface area (Å²) in [5.41, 5.74) is 2.28. The quantitative estimate of drug-likeness (QED) is 0.723. The summed E-state index contributed by atoms with van der Waals surface area (Å²) in [5, 5.41) is 3.66. The van der Waals surface area contributed by atoms with Gasteiger partial charge in [0, 0.05) is 22.0 Å². The second-order valence-electron chi connectivity index (χ2n) is 7.32. The molecule has 2 aromatic rings. The number of rotatable bonds is 5. The first-order valence-electron chi connectivity index (χ1n) is 8.55. The molecule has 4 nitrogen and oxygen atoms in total. The van der Waals surface area contributed by atoms with Crippen LogP contribution in [0.25, 0.3) is 0 Å². The van der Waals surface area contributed by atoms with Crippen molar-refractivity contribution in [2.24, 2.45) is 0 Å². The molecule has 0 fully saturated rings. The highest BCUT2D eigenvalue weighted by molar-refractivity contribution is 6.35. The van der Waals surface area contributed by atoms with E-state index in [1.807, 2.05) is 12.1 Å². The van der Waals surface area contributed by atoms with Crippen LogP contribution in [-0.4, -0.2) is 25.0 Å². The van der Waals surface area contributed by atoms with Crippen LogP contribution in [-0.2, 0) is 21.4 Å². The van der Waals surface area contributed by atoms with Gasteiger partial charge in [-0.2, -0.15) is 0 Å². The van der Waals surface area contributed by atoms with Gasteiger partial charge in [-0.15, -0.1) is 0 Å². The van der Waals surface area contributed by atoms with Crippen LogP contribution < -0.4 is 5.32 Å². The van der Waals surface area contributed by atoms with Gasteiger partial charge in [0.15, 0.2) is 0 Å². The molecule has 144 valence electrons. The highest BCUT2D eigenvalue weighted by Gasteiger charge is 2.24. The molecule has 0 aliphatic heterocycles. The Kier molecular flexibility index (Phi) is 6.90. The van der Waals surface area contributed by atoms with Gasteiger partial charge in [0.05, 0.1) is 7.11 Å². The molecule has 0 saturated carbocycles. The fourth-order valence-electron chi connectivity index (χ4n) is 2.61. The number of carbonyl (C=O) groups is 2. The highest BCUT2D eigenvalue weighted by atomic mass is 35.5. The number of amides is 1. The van der Waals surface area contributed by atoms with Crippen molar-refractivity contribution in [3.05, 3.63) is 69.2 Å². The van der Waals surface area contributed by atoms with Gasteiger partial charge in [0.1, 0.15) is 6.04 Å². The Balaban J connectivity index is 2.18. The first-order chi connectivity index (χ1) is 12.6.